The van der Waals surface area contributed by atoms with Crippen molar-refractivity contribution in [3.05, 3.63) is 11.8 Å². The third-order valence-corrected chi connectivity index (χ3v) is 2.01. The van der Waals surface area contributed by atoms with Crippen molar-refractivity contribution in [2.45, 2.75) is 0 Å². The van der Waals surface area contributed by atoms with Gasteiger partial charge in [-0.15, -0.1) is 0 Å². The standard InChI is InChI=1S/C8H12N3/c1-10-3-7-4-11(2)6-9-8(7)5-10/h4H,2-3,5-6H2,1H3/q+1. The molecule has 0 aliphatic carbocycles. The molecule has 0 aromatic rings. The van der Waals surface area contributed by atoms with E-state index >= 15 is 0 Å². The normalized spacial score (nSPS) is 24.6. The molecule has 0 spiro atoms. The van der Waals surface area contributed by atoms with Gasteiger partial charge in [-0.05, 0) is 7.05 Å². The predicted molar refractivity (Wildman–Crippen MR) is 45.3 cm³/mol. The van der Waals surface area contributed by atoms with Gasteiger partial charge >= 0.3 is 0 Å². The second-order valence-corrected chi connectivity index (χ2v) is 3.16. The van der Waals surface area contributed by atoms with Crippen LogP contribution in [-0.2, 0) is 0 Å². The van der Waals surface area contributed by atoms with Crippen LogP contribution in [-0.4, -0.2) is 48.7 Å². The van der Waals surface area contributed by atoms with E-state index < -0.39 is 0 Å². The molecule has 0 aromatic heterocycles. The zero-order chi connectivity index (χ0) is 7.84. The fourth-order valence-corrected chi connectivity index (χ4v) is 1.50. The van der Waals surface area contributed by atoms with Crippen molar-refractivity contribution in [1.29, 1.82) is 0 Å². The van der Waals surface area contributed by atoms with Gasteiger partial charge in [0.05, 0.1) is 11.3 Å². The maximum absolute atomic E-state index is 4.39. The van der Waals surface area contributed by atoms with E-state index in [4.69, 9.17) is 0 Å². The topological polar surface area (TPSA) is 18.6 Å². The fourth-order valence-electron chi connectivity index (χ4n) is 1.50. The first-order valence-corrected chi connectivity index (χ1v) is 3.76. The summed E-state index contributed by atoms with van der Waals surface area (Å²) < 4.78 is 1.87. The van der Waals surface area contributed by atoms with E-state index in [2.05, 4.69) is 29.9 Å². The number of nitrogens with zero attached hydrogens (tertiary/aromatic N) is 3. The van der Waals surface area contributed by atoms with Crippen molar-refractivity contribution in [3.8, 4) is 0 Å². The molecular formula is C8H12N3+. The van der Waals surface area contributed by atoms with E-state index in [-0.39, 0.29) is 0 Å². The Hall–Kier alpha value is -0.960. The molecule has 0 unspecified atom stereocenters. The van der Waals surface area contributed by atoms with Crippen molar-refractivity contribution in [1.82, 2.24) is 4.90 Å². The van der Waals surface area contributed by atoms with E-state index in [9.17, 15) is 0 Å². The third kappa shape index (κ3) is 1.12. The number of rotatable bonds is 0. The molecule has 2 rings (SSSR count). The van der Waals surface area contributed by atoms with Gasteiger partial charge in [-0.25, -0.2) is 4.99 Å². The van der Waals surface area contributed by atoms with Gasteiger partial charge in [-0.3, -0.25) is 4.90 Å². The molecule has 0 bridgehead atoms. The van der Waals surface area contributed by atoms with Crippen LogP contribution in [0.15, 0.2) is 16.8 Å². The Labute approximate surface area is 66.4 Å². The highest BCUT2D eigenvalue weighted by molar-refractivity contribution is 6.04. The van der Waals surface area contributed by atoms with Crippen LogP contribution in [0.5, 0.6) is 0 Å². The number of likely N-dealkylation sites (tertiary alicyclic amines) is 1. The maximum atomic E-state index is 4.39. The van der Waals surface area contributed by atoms with E-state index in [0.29, 0.717) is 6.67 Å². The lowest BCUT2D eigenvalue weighted by atomic mass is 10.2. The molecule has 0 saturated carbocycles. The zero-order valence-electron chi connectivity index (χ0n) is 6.75. The van der Waals surface area contributed by atoms with E-state index in [1.165, 1.54) is 11.3 Å². The van der Waals surface area contributed by atoms with Crippen molar-refractivity contribution in [2.24, 2.45) is 4.99 Å². The van der Waals surface area contributed by atoms with Gasteiger partial charge in [0.25, 0.3) is 0 Å². The van der Waals surface area contributed by atoms with Crippen LogP contribution >= 0.6 is 0 Å². The van der Waals surface area contributed by atoms with Crippen LogP contribution < -0.4 is 0 Å². The Morgan fingerprint density at radius 3 is 3.27 bits per heavy atom. The van der Waals surface area contributed by atoms with Gasteiger partial charge in [0, 0.05) is 13.1 Å². The monoisotopic (exact) mass is 150 g/mol. The molecule has 58 valence electrons. The largest absolute Gasteiger partial charge is 0.296 e. The second kappa shape index (κ2) is 2.27. The zero-order valence-corrected chi connectivity index (χ0v) is 6.75. The minimum absolute atomic E-state index is 0.715. The minimum atomic E-state index is 0.715. The lowest BCUT2D eigenvalue weighted by Gasteiger charge is -2.01. The van der Waals surface area contributed by atoms with Crippen LogP contribution in [0.25, 0.3) is 0 Å². The van der Waals surface area contributed by atoms with Crippen LogP contribution in [0.4, 0.5) is 0 Å². The number of aliphatic imine (C=N–C) groups is 1. The lowest BCUT2D eigenvalue weighted by Crippen LogP contribution is -2.15. The predicted octanol–water partition coefficient (Wildman–Crippen LogP) is -0.0591. The van der Waals surface area contributed by atoms with Crippen LogP contribution in [0.1, 0.15) is 0 Å². The Morgan fingerprint density at radius 2 is 2.45 bits per heavy atom. The van der Waals surface area contributed by atoms with Gasteiger partial charge in [-0.2, -0.15) is 4.58 Å². The van der Waals surface area contributed by atoms with E-state index in [1.807, 2.05) is 4.58 Å². The molecule has 2 heterocycles. The molecule has 11 heavy (non-hydrogen) atoms. The average molecular weight is 150 g/mol. The highest BCUT2D eigenvalue weighted by Crippen LogP contribution is 2.13. The van der Waals surface area contributed by atoms with Crippen LogP contribution in [0.3, 0.4) is 0 Å². The van der Waals surface area contributed by atoms with Crippen molar-refractivity contribution in [3.63, 3.8) is 0 Å². The Bertz CT molecular complexity index is 263. The molecule has 3 heteroatoms. The van der Waals surface area contributed by atoms with Gasteiger partial charge in [0.2, 0.25) is 6.67 Å². The van der Waals surface area contributed by atoms with Gasteiger partial charge in [0.1, 0.15) is 6.72 Å². The summed E-state index contributed by atoms with van der Waals surface area (Å²) in [6.45, 7) is 6.55. The minimum Gasteiger partial charge on any atom is -0.296 e. The Morgan fingerprint density at radius 1 is 1.64 bits per heavy atom. The summed E-state index contributed by atoms with van der Waals surface area (Å²) in [5, 5.41) is 0. The first-order chi connectivity index (χ1) is 5.25. The SMILES string of the molecule is C=[N+]1C=C2CN(C)CC2=NC1. The first-order valence-electron chi connectivity index (χ1n) is 3.76. The molecule has 0 radical (unpaired) electrons. The summed E-state index contributed by atoms with van der Waals surface area (Å²) in [6, 6.07) is 0. The Balaban J connectivity index is 2.31. The molecule has 0 atom stereocenters. The fraction of sp³-hybridized carbons (Fsp3) is 0.500. The highest BCUT2D eigenvalue weighted by Gasteiger charge is 2.24. The summed E-state index contributed by atoms with van der Waals surface area (Å²) in [4.78, 5) is 6.65. The third-order valence-electron chi connectivity index (χ3n) is 2.01. The molecule has 2 aliphatic rings. The van der Waals surface area contributed by atoms with E-state index in [0.717, 1.165) is 13.1 Å². The summed E-state index contributed by atoms with van der Waals surface area (Å²) in [7, 11) is 2.11. The molecular weight excluding hydrogens is 138 g/mol. The molecule has 3 nitrogen and oxygen atoms in total. The number of likely N-dealkylation sites (N-methyl/N-ethyl adjacent to an activating group) is 1. The second-order valence-electron chi connectivity index (χ2n) is 3.16. The summed E-state index contributed by atoms with van der Waals surface area (Å²) >= 11 is 0. The van der Waals surface area contributed by atoms with Gasteiger partial charge < -0.3 is 0 Å². The first kappa shape index (κ1) is 6.73. The van der Waals surface area contributed by atoms with Crippen molar-refractivity contribution >= 4 is 12.4 Å². The molecule has 0 amide bonds. The molecule has 0 N–H and O–H groups in total. The summed E-state index contributed by atoms with van der Waals surface area (Å²) in [6.07, 6.45) is 2.09. The van der Waals surface area contributed by atoms with Crippen molar-refractivity contribution in [2.75, 3.05) is 26.8 Å². The quantitative estimate of drug-likeness (QED) is 0.443. The Kier molecular flexibility index (Phi) is 1.39. The van der Waals surface area contributed by atoms with Crippen LogP contribution in [0, 0.1) is 0 Å². The van der Waals surface area contributed by atoms with Gasteiger partial charge in [-0.1, -0.05) is 0 Å². The maximum Gasteiger partial charge on any atom is 0.240 e. The molecule has 2 aliphatic heterocycles. The average Bonchev–Trinajstić information content (AvgIpc) is 2.27. The van der Waals surface area contributed by atoms with E-state index in [1.54, 1.807) is 0 Å². The molecule has 0 aromatic carbocycles. The summed E-state index contributed by atoms with van der Waals surface area (Å²) in [5.74, 6) is 0. The van der Waals surface area contributed by atoms with Gasteiger partial charge in [0.15, 0.2) is 6.20 Å². The highest BCUT2D eigenvalue weighted by atomic mass is 15.2. The molecule has 1 saturated heterocycles. The number of hydrogen-bond acceptors (Lipinski definition) is 2. The number of fused-ring (bicyclic) bond motifs is 1. The smallest absolute Gasteiger partial charge is 0.240 e. The lowest BCUT2D eigenvalue weighted by molar-refractivity contribution is -0.447. The number of hydrogen-bond donors (Lipinski definition) is 0. The van der Waals surface area contributed by atoms with Crippen LogP contribution in [0.2, 0.25) is 0 Å². The van der Waals surface area contributed by atoms with Crippen molar-refractivity contribution < 1.29 is 4.58 Å². The summed E-state index contributed by atoms with van der Waals surface area (Å²) in [5.41, 5.74) is 2.57. The molecule has 1 fully saturated rings.